The van der Waals surface area contributed by atoms with Gasteiger partial charge < -0.3 is 4.74 Å². The lowest BCUT2D eigenvalue weighted by Gasteiger charge is -2.09. The molecule has 0 aliphatic rings. The summed E-state index contributed by atoms with van der Waals surface area (Å²) in [5.74, 6) is 1.82. The minimum absolute atomic E-state index is 0.910. The maximum absolute atomic E-state index is 6.11. The summed E-state index contributed by atoms with van der Waals surface area (Å²) in [4.78, 5) is 2.44. The van der Waals surface area contributed by atoms with Gasteiger partial charge in [0.25, 0.3) is 0 Å². The summed E-state index contributed by atoms with van der Waals surface area (Å²) in [5.41, 5.74) is 1.14. The fraction of sp³-hybridized carbons (Fsp3) is 0.0526. The maximum Gasteiger partial charge on any atom is 0.200 e. The lowest BCUT2D eigenvalue weighted by molar-refractivity contribution is 0.467. The van der Waals surface area contributed by atoms with Crippen molar-refractivity contribution < 1.29 is 4.74 Å². The highest BCUT2D eigenvalue weighted by atomic mass is 32.2. The Labute approximate surface area is 129 Å². The van der Waals surface area contributed by atoms with Gasteiger partial charge in [-0.2, -0.15) is 0 Å². The summed E-state index contributed by atoms with van der Waals surface area (Å²) < 4.78 is 6.11. The first-order valence-corrected chi connectivity index (χ1v) is 7.82. The SMILES string of the molecule is Cc1ccccc1Oc1ccccc1[SH+]c1ccccc1. The van der Waals surface area contributed by atoms with Crippen molar-refractivity contribution in [2.75, 3.05) is 0 Å². The molecule has 0 atom stereocenters. The van der Waals surface area contributed by atoms with Gasteiger partial charge in [0.15, 0.2) is 10.6 Å². The van der Waals surface area contributed by atoms with Gasteiger partial charge in [0.1, 0.15) is 5.75 Å². The molecule has 3 aromatic carbocycles. The maximum atomic E-state index is 6.11. The quantitative estimate of drug-likeness (QED) is 0.485. The Morgan fingerprint density at radius 3 is 2.05 bits per heavy atom. The minimum atomic E-state index is 0.910. The van der Waals surface area contributed by atoms with Crippen molar-refractivity contribution in [3.8, 4) is 11.5 Å². The number of ether oxygens (including phenoxy) is 1. The number of hydrogen-bond donors (Lipinski definition) is 0. The van der Waals surface area contributed by atoms with Crippen molar-refractivity contribution in [1.82, 2.24) is 0 Å². The van der Waals surface area contributed by atoms with E-state index in [0.29, 0.717) is 0 Å². The van der Waals surface area contributed by atoms with Crippen LogP contribution in [0.25, 0.3) is 0 Å². The van der Waals surface area contributed by atoms with Gasteiger partial charge in [-0.1, -0.05) is 48.5 Å². The van der Waals surface area contributed by atoms with Crippen molar-refractivity contribution >= 4 is 11.8 Å². The Bertz CT molecular complexity index is 722. The predicted octanol–water partition coefficient (Wildman–Crippen LogP) is 5.02. The predicted molar refractivity (Wildman–Crippen MR) is 89.4 cm³/mol. The zero-order chi connectivity index (χ0) is 14.5. The Morgan fingerprint density at radius 1 is 0.667 bits per heavy atom. The van der Waals surface area contributed by atoms with Gasteiger partial charge in [0.05, 0.1) is 11.8 Å². The van der Waals surface area contributed by atoms with Gasteiger partial charge in [-0.15, -0.1) is 0 Å². The van der Waals surface area contributed by atoms with Crippen LogP contribution in [0.4, 0.5) is 0 Å². The molecule has 0 N–H and O–H groups in total. The van der Waals surface area contributed by atoms with Gasteiger partial charge in [-0.25, -0.2) is 0 Å². The van der Waals surface area contributed by atoms with Crippen LogP contribution in [-0.2, 0) is 11.8 Å². The molecule has 0 bridgehead atoms. The molecule has 21 heavy (non-hydrogen) atoms. The van der Waals surface area contributed by atoms with Crippen LogP contribution in [-0.4, -0.2) is 0 Å². The first-order valence-electron chi connectivity index (χ1n) is 6.92. The zero-order valence-electron chi connectivity index (χ0n) is 11.9. The van der Waals surface area contributed by atoms with E-state index in [4.69, 9.17) is 4.74 Å². The molecule has 3 rings (SSSR count). The van der Waals surface area contributed by atoms with Crippen LogP contribution in [0.3, 0.4) is 0 Å². The normalized spacial score (nSPS) is 10.3. The van der Waals surface area contributed by atoms with Crippen molar-refractivity contribution in [2.24, 2.45) is 0 Å². The van der Waals surface area contributed by atoms with Crippen molar-refractivity contribution in [1.29, 1.82) is 0 Å². The van der Waals surface area contributed by atoms with E-state index >= 15 is 0 Å². The standard InChI is InChI=1S/C19H16OS/c1-15-9-5-6-12-17(15)20-18-13-7-8-14-19(18)21-16-10-3-2-4-11-16/h2-14H,1H3/p+1. The van der Waals surface area contributed by atoms with E-state index in [1.807, 2.05) is 36.4 Å². The Balaban J connectivity index is 1.88. The van der Waals surface area contributed by atoms with Crippen LogP contribution in [0, 0.1) is 6.92 Å². The number of hydrogen-bond acceptors (Lipinski definition) is 1. The molecule has 3 aromatic rings. The Hall–Kier alpha value is -2.19. The fourth-order valence-corrected chi connectivity index (χ4v) is 3.06. The van der Waals surface area contributed by atoms with E-state index in [0.717, 1.165) is 28.8 Å². The molecule has 1 nitrogen and oxygen atoms in total. The molecule has 0 spiro atoms. The molecule has 2 heteroatoms. The van der Waals surface area contributed by atoms with Gasteiger partial charge in [-0.05, 0) is 42.8 Å². The summed E-state index contributed by atoms with van der Waals surface area (Å²) in [5, 5.41) is 0. The topological polar surface area (TPSA) is 9.23 Å². The van der Waals surface area contributed by atoms with Gasteiger partial charge in [-0.3, -0.25) is 0 Å². The second kappa shape index (κ2) is 6.51. The van der Waals surface area contributed by atoms with E-state index in [-0.39, 0.29) is 0 Å². The van der Waals surface area contributed by atoms with E-state index in [2.05, 4.69) is 49.4 Å². The minimum Gasteiger partial charge on any atom is -0.452 e. The number of aryl methyl sites for hydroxylation is 1. The lowest BCUT2D eigenvalue weighted by atomic mass is 10.2. The largest absolute Gasteiger partial charge is 0.452 e. The van der Waals surface area contributed by atoms with E-state index in [1.54, 1.807) is 0 Å². The highest BCUT2D eigenvalue weighted by molar-refractivity contribution is 7.78. The summed E-state index contributed by atoms with van der Waals surface area (Å²) in [6.07, 6.45) is 0. The van der Waals surface area contributed by atoms with E-state index in [9.17, 15) is 0 Å². The molecule has 0 saturated heterocycles. The van der Waals surface area contributed by atoms with Crippen LogP contribution in [0.2, 0.25) is 0 Å². The molecule has 0 unspecified atom stereocenters. The molecule has 0 aliphatic heterocycles. The Morgan fingerprint density at radius 2 is 1.29 bits per heavy atom. The number of thiol groups is 1. The molecule has 104 valence electrons. The summed E-state index contributed by atoms with van der Waals surface area (Å²) in [7, 11) is 0. The van der Waals surface area contributed by atoms with Crippen LogP contribution >= 0.6 is 0 Å². The van der Waals surface area contributed by atoms with Crippen molar-refractivity contribution in [3.05, 3.63) is 84.4 Å². The third-order valence-electron chi connectivity index (χ3n) is 3.18. The number of para-hydroxylation sites is 2. The summed E-state index contributed by atoms with van der Waals surface area (Å²) in [6, 6.07) is 26.7. The molecule has 0 heterocycles. The van der Waals surface area contributed by atoms with Crippen molar-refractivity contribution in [2.45, 2.75) is 16.7 Å². The monoisotopic (exact) mass is 293 g/mol. The number of benzene rings is 3. The second-order valence-electron chi connectivity index (χ2n) is 4.78. The van der Waals surface area contributed by atoms with Crippen LogP contribution < -0.4 is 4.74 Å². The molecular weight excluding hydrogens is 276 g/mol. The first-order chi connectivity index (χ1) is 10.3. The summed E-state index contributed by atoms with van der Waals surface area (Å²) >= 11 is 1.16. The second-order valence-corrected chi connectivity index (χ2v) is 6.00. The average Bonchev–Trinajstić information content (AvgIpc) is 2.52. The van der Waals surface area contributed by atoms with Crippen LogP contribution in [0.5, 0.6) is 11.5 Å². The highest BCUT2D eigenvalue weighted by Gasteiger charge is 2.14. The highest BCUT2D eigenvalue weighted by Crippen LogP contribution is 2.30. The molecule has 0 aliphatic carbocycles. The van der Waals surface area contributed by atoms with Crippen LogP contribution in [0.15, 0.2) is 88.7 Å². The first kappa shape index (κ1) is 13.8. The van der Waals surface area contributed by atoms with Gasteiger partial charge in [0, 0.05) is 0 Å². The number of rotatable bonds is 4. The Kier molecular flexibility index (Phi) is 4.27. The smallest absolute Gasteiger partial charge is 0.200 e. The molecular formula is C19H17OS+. The molecule has 0 saturated carbocycles. The third-order valence-corrected chi connectivity index (χ3v) is 4.35. The third kappa shape index (κ3) is 3.47. The van der Waals surface area contributed by atoms with Gasteiger partial charge in [0.2, 0.25) is 4.90 Å². The van der Waals surface area contributed by atoms with Crippen LogP contribution in [0.1, 0.15) is 5.56 Å². The molecule has 0 amide bonds. The fourth-order valence-electron chi connectivity index (χ4n) is 2.07. The average molecular weight is 293 g/mol. The van der Waals surface area contributed by atoms with E-state index in [1.165, 1.54) is 9.79 Å². The van der Waals surface area contributed by atoms with Gasteiger partial charge >= 0.3 is 0 Å². The molecule has 0 fully saturated rings. The zero-order valence-corrected chi connectivity index (χ0v) is 12.8. The molecule has 0 aromatic heterocycles. The summed E-state index contributed by atoms with van der Waals surface area (Å²) in [6.45, 7) is 2.06. The lowest BCUT2D eigenvalue weighted by Crippen LogP contribution is -1.92. The van der Waals surface area contributed by atoms with E-state index < -0.39 is 0 Å². The molecule has 0 radical (unpaired) electrons. The van der Waals surface area contributed by atoms with Crippen molar-refractivity contribution in [3.63, 3.8) is 0 Å².